The molecule has 0 saturated carbocycles. The summed E-state index contributed by atoms with van der Waals surface area (Å²) in [4.78, 5) is 4.32. The molecule has 0 atom stereocenters. The average molecular weight is 200 g/mol. The van der Waals surface area contributed by atoms with Crippen molar-refractivity contribution in [2.45, 2.75) is 26.8 Å². The first-order valence-electron chi connectivity index (χ1n) is 5.35. The maximum Gasteiger partial charge on any atom is 0.108 e. The van der Waals surface area contributed by atoms with Gasteiger partial charge in [0.25, 0.3) is 0 Å². The van der Waals surface area contributed by atoms with Crippen LogP contribution in [0.5, 0.6) is 0 Å². The summed E-state index contributed by atoms with van der Waals surface area (Å²) in [6.07, 6.45) is 4.90. The normalized spacial score (nSPS) is 10.5. The van der Waals surface area contributed by atoms with Crippen molar-refractivity contribution >= 4 is 0 Å². The summed E-state index contributed by atoms with van der Waals surface area (Å²) in [6.45, 7) is 5.21. The second kappa shape index (κ2) is 4.30. The second-order valence-corrected chi connectivity index (χ2v) is 3.75. The number of rotatable bonds is 3. The van der Waals surface area contributed by atoms with E-state index in [1.165, 1.54) is 11.1 Å². The summed E-state index contributed by atoms with van der Waals surface area (Å²) in [5, 5.41) is 0. The number of aryl methyl sites for hydroxylation is 2. The molecule has 1 aromatic carbocycles. The van der Waals surface area contributed by atoms with Gasteiger partial charge < -0.3 is 4.57 Å². The van der Waals surface area contributed by atoms with Crippen molar-refractivity contribution in [3.8, 4) is 0 Å². The topological polar surface area (TPSA) is 17.8 Å². The van der Waals surface area contributed by atoms with Gasteiger partial charge in [0.2, 0.25) is 0 Å². The maximum atomic E-state index is 4.32. The van der Waals surface area contributed by atoms with E-state index in [0.717, 1.165) is 18.8 Å². The SMILES string of the molecule is CCc1nccn1Cc1ccccc1C. The molecule has 2 heteroatoms. The van der Waals surface area contributed by atoms with Gasteiger partial charge in [0, 0.05) is 25.4 Å². The van der Waals surface area contributed by atoms with Crippen LogP contribution in [0.1, 0.15) is 23.9 Å². The average Bonchev–Trinajstić information content (AvgIpc) is 2.69. The van der Waals surface area contributed by atoms with Crippen LogP contribution in [-0.4, -0.2) is 9.55 Å². The third-order valence-electron chi connectivity index (χ3n) is 2.72. The van der Waals surface area contributed by atoms with Crippen LogP contribution in [-0.2, 0) is 13.0 Å². The highest BCUT2D eigenvalue weighted by Crippen LogP contribution is 2.10. The highest BCUT2D eigenvalue weighted by atomic mass is 15.1. The molecule has 0 aliphatic carbocycles. The molecule has 78 valence electrons. The third-order valence-corrected chi connectivity index (χ3v) is 2.72. The van der Waals surface area contributed by atoms with Crippen LogP contribution >= 0.6 is 0 Å². The zero-order valence-corrected chi connectivity index (χ0v) is 9.27. The molecule has 0 unspecified atom stereocenters. The van der Waals surface area contributed by atoms with Crippen LogP contribution < -0.4 is 0 Å². The summed E-state index contributed by atoms with van der Waals surface area (Å²) in [6, 6.07) is 8.49. The predicted octanol–water partition coefficient (Wildman–Crippen LogP) is 2.80. The molecule has 0 radical (unpaired) electrons. The highest BCUT2D eigenvalue weighted by molar-refractivity contribution is 5.26. The minimum Gasteiger partial charge on any atom is -0.331 e. The molecule has 0 bridgehead atoms. The first kappa shape index (κ1) is 9.97. The number of nitrogens with zero attached hydrogens (tertiary/aromatic N) is 2. The minimum atomic E-state index is 0.926. The Hall–Kier alpha value is -1.57. The van der Waals surface area contributed by atoms with Gasteiger partial charge in [-0.25, -0.2) is 4.98 Å². The zero-order valence-electron chi connectivity index (χ0n) is 9.27. The Morgan fingerprint density at radius 3 is 2.80 bits per heavy atom. The van der Waals surface area contributed by atoms with Gasteiger partial charge in [-0.2, -0.15) is 0 Å². The molecule has 0 spiro atoms. The van der Waals surface area contributed by atoms with E-state index in [4.69, 9.17) is 0 Å². The molecule has 0 aliphatic rings. The Bertz CT molecular complexity index is 443. The van der Waals surface area contributed by atoms with E-state index in [1.54, 1.807) is 0 Å². The molecule has 0 saturated heterocycles. The van der Waals surface area contributed by atoms with Gasteiger partial charge in [0.05, 0.1) is 0 Å². The van der Waals surface area contributed by atoms with E-state index in [0.29, 0.717) is 0 Å². The molecule has 0 N–H and O–H groups in total. The van der Waals surface area contributed by atoms with E-state index < -0.39 is 0 Å². The zero-order chi connectivity index (χ0) is 10.7. The van der Waals surface area contributed by atoms with E-state index >= 15 is 0 Å². The van der Waals surface area contributed by atoms with Crippen LogP contribution in [0.25, 0.3) is 0 Å². The van der Waals surface area contributed by atoms with E-state index in [1.807, 2.05) is 12.4 Å². The highest BCUT2D eigenvalue weighted by Gasteiger charge is 2.02. The number of hydrogen-bond donors (Lipinski definition) is 0. The number of hydrogen-bond acceptors (Lipinski definition) is 1. The standard InChI is InChI=1S/C13H16N2/c1-3-13-14-8-9-15(13)10-12-7-5-4-6-11(12)2/h4-9H,3,10H2,1-2H3. The fourth-order valence-corrected chi connectivity index (χ4v) is 1.77. The summed E-state index contributed by atoms with van der Waals surface area (Å²) >= 11 is 0. The molecule has 1 heterocycles. The summed E-state index contributed by atoms with van der Waals surface area (Å²) in [5.74, 6) is 1.15. The van der Waals surface area contributed by atoms with Gasteiger partial charge >= 0.3 is 0 Å². The quantitative estimate of drug-likeness (QED) is 0.745. The Kier molecular flexibility index (Phi) is 2.86. The Morgan fingerprint density at radius 1 is 1.27 bits per heavy atom. The molecule has 15 heavy (non-hydrogen) atoms. The number of aromatic nitrogens is 2. The lowest BCUT2D eigenvalue weighted by Crippen LogP contribution is -2.04. The molecule has 0 fully saturated rings. The van der Waals surface area contributed by atoms with Crippen molar-refractivity contribution < 1.29 is 0 Å². The first-order valence-corrected chi connectivity index (χ1v) is 5.35. The van der Waals surface area contributed by atoms with Crippen molar-refractivity contribution in [2.75, 3.05) is 0 Å². The molecule has 0 aliphatic heterocycles. The van der Waals surface area contributed by atoms with Crippen molar-refractivity contribution in [1.82, 2.24) is 9.55 Å². The summed E-state index contributed by atoms with van der Waals surface area (Å²) in [7, 11) is 0. The summed E-state index contributed by atoms with van der Waals surface area (Å²) < 4.78 is 2.21. The third kappa shape index (κ3) is 2.09. The van der Waals surface area contributed by atoms with Crippen molar-refractivity contribution in [3.05, 3.63) is 53.6 Å². The van der Waals surface area contributed by atoms with Crippen LogP contribution in [0.15, 0.2) is 36.7 Å². The molecular weight excluding hydrogens is 184 g/mol. The lowest BCUT2D eigenvalue weighted by molar-refractivity contribution is 0.729. The lowest BCUT2D eigenvalue weighted by atomic mass is 10.1. The smallest absolute Gasteiger partial charge is 0.108 e. The van der Waals surface area contributed by atoms with Crippen molar-refractivity contribution in [1.29, 1.82) is 0 Å². The van der Waals surface area contributed by atoms with Gasteiger partial charge in [-0.1, -0.05) is 31.2 Å². The Morgan fingerprint density at radius 2 is 2.07 bits per heavy atom. The molecule has 2 nitrogen and oxygen atoms in total. The fraction of sp³-hybridized carbons (Fsp3) is 0.308. The molecule has 2 rings (SSSR count). The molecule has 2 aromatic rings. The van der Waals surface area contributed by atoms with Crippen LogP contribution in [0.2, 0.25) is 0 Å². The number of imidazole rings is 1. The van der Waals surface area contributed by atoms with Crippen molar-refractivity contribution in [2.24, 2.45) is 0 Å². The minimum absolute atomic E-state index is 0.926. The molecule has 0 amide bonds. The Balaban J connectivity index is 2.26. The Labute approximate surface area is 90.6 Å². The van der Waals surface area contributed by atoms with Crippen LogP contribution in [0.4, 0.5) is 0 Å². The fourth-order valence-electron chi connectivity index (χ4n) is 1.77. The van der Waals surface area contributed by atoms with E-state index in [2.05, 4.69) is 47.7 Å². The van der Waals surface area contributed by atoms with Gasteiger partial charge in [-0.3, -0.25) is 0 Å². The largest absolute Gasteiger partial charge is 0.331 e. The predicted molar refractivity (Wildman–Crippen MR) is 61.9 cm³/mol. The van der Waals surface area contributed by atoms with Crippen molar-refractivity contribution in [3.63, 3.8) is 0 Å². The van der Waals surface area contributed by atoms with E-state index in [9.17, 15) is 0 Å². The van der Waals surface area contributed by atoms with Crippen LogP contribution in [0, 0.1) is 6.92 Å². The maximum absolute atomic E-state index is 4.32. The second-order valence-electron chi connectivity index (χ2n) is 3.75. The van der Waals surface area contributed by atoms with Gasteiger partial charge in [0.15, 0.2) is 0 Å². The van der Waals surface area contributed by atoms with Gasteiger partial charge in [-0.05, 0) is 18.1 Å². The summed E-state index contributed by atoms with van der Waals surface area (Å²) in [5.41, 5.74) is 2.71. The first-order chi connectivity index (χ1) is 7.31. The number of benzene rings is 1. The van der Waals surface area contributed by atoms with Gasteiger partial charge in [-0.15, -0.1) is 0 Å². The monoisotopic (exact) mass is 200 g/mol. The van der Waals surface area contributed by atoms with E-state index in [-0.39, 0.29) is 0 Å². The molecule has 1 aromatic heterocycles. The molecular formula is C13H16N2. The van der Waals surface area contributed by atoms with Gasteiger partial charge in [0.1, 0.15) is 5.82 Å². The lowest BCUT2D eigenvalue weighted by Gasteiger charge is -2.08. The van der Waals surface area contributed by atoms with Crippen LogP contribution in [0.3, 0.4) is 0 Å².